The normalized spacial score (nSPS) is 15.8. The molecule has 5 rings (SSSR count). The number of aryl methyl sites for hydroxylation is 1. The van der Waals surface area contributed by atoms with Gasteiger partial charge < -0.3 is 10.2 Å². The third-order valence-corrected chi connectivity index (χ3v) is 5.93. The highest BCUT2D eigenvalue weighted by Gasteiger charge is 2.32. The van der Waals surface area contributed by atoms with Gasteiger partial charge in [-0.3, -0.25) is 14.5 Å². The van der Waals surface area contributed by atoms with Crippen LogP contribution in [0.1, 0.15) is 23.3 Å². The van der Waals surface area contributed by atoms with Crippen LogP contribution in [-0.2, 0) is 7.05 Å². The van der Waals surface area contributed by atoms with Crippen LogP contribution in [0, 0.1) is 17.5 Å². The van der Waals surface area contributed by atoms with Crippen LogP contribution in [0.25, 0.3) is 22.2 Å². The van der Waals surface area contributed by atoms with Gasteiger partial charge in [-0.25, -0.2) is 18.2 Å². The van der Waals surface area contributed by atoms with Crippen LogP contribution in [0.4, 0.5) is 19.0 Å². The molecule has 2 aromatic heterocycles. The average molecular weight is 466 g/mol. The number of halogens is 3. The molecule has 1 aliphatic rings. The maximum atomic E-state index is 13.6. The lowest BCUT2D eigenvalue weighted by molar-refractivity contribution is 0.0737. The monoisotopic (exact) mass is 466 g/mol. The smallest absolute Gasteiger partial charge is 0.275 e. The van der Waals surface area contributed by atoms with E-state index in [1.165, 1.54) is 18.3 Å². The van der Waals surface area contributed by atoms with E-state index in [2.05, 4.69) is 20.4 Å². The van der Waals surface area contributed by atoms with E-state index >= 15 is 0 Å². The molecular formula is C24H21F3N6O. The molecule has 174 valence electrons. The predicted molar refractivity (Wildman–Crippen MR) is 121 cm³/mol. The van der Waals surface area contributed by atoms with Crippen LogP contribution in [0.2, 0.25) is 0 Å². The van der Waals surface area contributed by atoms with Crippen LogP contribution in [-0.4, -0.2) is 49.7 Å². The summed E-state index contributed by atoms with van der Waals surface area (Å²) >= 11 is 0. The molecular weight excluding hydrogens is 445 g/mol. The molecule has 34 heavy (non-hydrogen) atoms. The lowest BCUT2D eigenvalue weighted by Crippen LogP contribution is -2.40. The van der Waals surface area contributed by atoms with Crippen molar-refractivity contribution in [1.82, 2.24) is 24.6 Å². The molecule has 7 nitrogen and oxygen atoms in total. The second kappa shape index (κ2) is 8.77. The number of fused-ring (bicyclic) bond motifs is 1. The van der Waals surface area contributed by atoms with Gasteiger partial charge in [0.05, 0.1) is 17.2 Å². The van der Waals surface area contributed by atoms with Crippen LogP contribution >= 0.6 is 0 Å². The summed E-state index contributed by atoms with van der Waals surface area (Å²) in [6, 6.07) is 7.85. The third kappa shape index (κ3) is 4.18. The van der Waals surface area contributed by atoms with Gasteiger partial charge in [0, 0.05) is 50.1 Å². The van der Waals surface area contributed by atoms with Crippen molar-refractivity contribution in [1.29, 1.82) is 0 Å². The molecule has 0 radical (unpaired) electrons. The number of aromatic nitrogens is 4. The van der Waals surface area contributed by atoms with Gasteiger partial charge in [0.15, 0.2) is 17.3 Å². The van der Waals surface area contributed by atoms with Gasteiger partial charge in [0.2, 0.25) is 0 Å². The maximum absolute atomic E-state index is 13.6. The van der Waals surface area contributed by atoms with Crippen molar-refractivity contribution >= 4 is 22.8 Å². The van der Waals surface area contributed by atoms with E-state index in [0.717, 1.165) is 25.0 Å². The number of carbonyl (C=O) groups excluding carboxylic acids is 1. The van der Waals surface area contributed by atoms with Gasteiger partial charge >= 0.3 is 0 Å². The Morgan fingerprint density at radius 3 is 2.62 bits per heavy atom. The van der Waals surface area contributed by atoms with Crippen molar-refractivity contribution in [2.24, 2.45) is 7.05 Å². The highest BCUT2D eigenvalue weighted by atomic mass is 19.2. The molecule has 3 heterocycles. The average Bonchev–Trinajstić information content (AvgIpc) is 3.45. The number of benzene rings is 2. The molecule has 1 aliphatic heterocycles. The van der Waals surface area contributed by atoms with Crippen LogP contribution in [0.5, 0.6) is 0 Å². The summed E-state index contributed by atoms with van der Waals surface area (Å²) in [5.41, 5.74) is 2.15. The van der Waals surface area contributed by atoms with E-state index < -0.39 is 11.6 Å². The molecule has 1 unspecified atom stereocenters. The Morgan fingerprint density at radius 2 is 1.85 bits per heavy atom. The fourth-order valence-electron chi connectivity index (χ4n) is 4.25. The fourth-order valence-corrected chi connectivity index (χ4v) is 4.25. The van der Waals surface area contributed by atoms with Gasteiger partial charge in [0.1, 0.15) is 11.6 Å². The topological polar surface area (TPSA) is 75.9 Å². The van der Waals surface area contributed by atoms with Gasteiger partial charge in [-0.2, -0.15) is 5.10 Å². The zero-order valence-electron chi connectivity index (χ0n) is 18.3. The molecule has 1 atom stereocenters. The molecule has 0 saturated carbocycles. The first-order chi connectivity index (χ1) is 16.4. The SMILES string of the molecule is Cn1cc(-c2ccc(F)cc2)c(C(=O)N2CCCC2CNc2cnc3cc(F)c(F)cc3n2)n1. The molecule has 4 aromatic rings. The van der Waals surface area contributed by atoms with Crippen molar-refractivity contribution in [2.75, 3.05) is 18.4 Å². The van der Waals surface area contributed by atoms with Crippen molar-refractivity contribution < 1.29 is 18.0 Å². The van der Waals surface area contributed by atoms with E-state index in [0.29, 0.717) is 35.7 Å². The number of amides is 1. The fraction of sp³-hybridized carbons (Fsp3) is 0.250. The van der Waals surface area contributed by atoms with E-state index in [1.807, 2.05) is 0 Å². The lowest BCUT2D eigenvalue weighted by atomic mass is 10.1. The molecule has 0 aliphatic carbocycles. The van der Waals surface area contributed by atoms with Gasteiger partial charge in [-0.05, 0) is 30.5 Å². The van der Waals surface area contributed by atoms with Gasteiger partial charge in [-0.1, -0.05) is 12.1 Å². The Hall–Kier alpha value is -3.95. The van der Waals surface area contributed by atoms with Crippen LogP contribution in [0.15, 0.2) is 48.8 Å². The van der Waals surface area contributed by atoms with E-state index in [4.69, 9.17) is 0 Å². The minimum Gasteiger partial charge on any atom is -0.367 e. The number of hydrogen-bond acceptors (Lipinski definition) is 5. The molecule has 1 fully saturated rings. The van der Waals surface area contributed by atoms with Gasteiger partial charge in [-0.15, -0.1) is 0 Å². The summed E-state index contributed by atoms with van der Waals surface area (Å²) in [5.74, 6) is -2.11. The second-order valence-corrected chi connectivity index (χ2v) is 8.26. The minimum absolute atomic E-state index is 0.113. The number of anilines is 1. The number of nitrogens with one attached hydrogen (secondary N) is 1. The number of carbonyl (C=O) groups is 1. The first kappa shape index (κ1) is 21.9. The van der Waals surface area contributed by atoms with E-state index in [-0.39, 0.29) is 28.8 Å². The molecule has 0 bridgehead atoms. The maximum Gasteiger partial charge on any atom is 0.275 e. The predicted octanol–water partition coefficient (Wildman–Crippen LogP) is 4.16. The number of likely N-dealkylation sites (tertiary alicyclic amines) is 1. The number of nitrogens with zero attached hydrogens (tertiary/aromatic N) is 5. The molecule has 0 spiro atoms. The number of hydrogen-bond donors (Lipinski definition) is 1. The first-order valence-corrected chi connectivity index (χ1v) is 10.9. The van der Waals surface area contributed by atoms with Crippen LogP contribution in [0.3, 0.4) is 0 Å². The Morgan fingerprint density at radius 1 is 1.12 bits per heavy atom. The lowest BCUT2D eigenvalue weighted by Gasteiger charge is -2.25. The van der Waals surface area contributed by atoms with E-state index in [1.54, 1.807) is 35.0 Å². The highest BCUT2D eigenvalue weighted by molar-refractivity contribution is 5.99. The summed E-state index contributed by atoms with van der Waals surface area (Å²) in [7, 11) is 1.74. The summed E-state index contributed by atoms with van der Waals surface area (Å²) in [6.45, 7) is 0.993. The molecule has 1 saturated heterocycles. The van der Waals surface area contributed by atoms with Gasteiger partial charge in [0.25, 0.3) is 5.91 Å². The Labute approximate surface area is 193 Å². The molecule has 2 aromatic carbocycles. The largest absolute Gasteiger partial charge is 0.367 e. The summed E-state index contributed by atoms with van der Waals surface area (Å²) in [5, 5.41) is 7.53. The summed E-state index contributed by atoms with van der Waals surface area (Å²) < 4.78 is 41.9. The van der Waals surface area contributed by atoms with Crippen molar-refractivity contribution in [3.8, 4) is 11.1 Å². The van der Waals surface area contributed by atoms with Crippen molar-refractivity contribution in [2.45, 2.75) is 18.9 Å². The number of rotatable bonds is 5. The van der Waals surface area contributed by atoms with E-state index in [9.17, 15) is 18.0 Å². The molecule has 10 heteroatoms. The van der Waals surface area contributed by atoms with Crippen LogP contribution < -0.4 is 5.32 Å². The third-order valence-electron chi connectivity index (χ3n) is 5.93. The quantitative estimate of drug-likeness (QED) is 0.478. The zero-order valence-corrected chi connectivity index (χ0v) is 18.3. The van der Waals surface area contributed by atoms with Crippen molar-refractivity contribution in [3.63, 3.8) is 0 Å². The first-order valence-electron chi connectivity index (χ1n) is 10.9. The Bertz CT molecular complexity index is 1370. The molecule has 1 N–H and O–H groups in total. The standard InChI is InChI=1S/C24H21F3N6O/c1-32-13-17(14-4-6-15(25)7-5-14)23(31-32)24(34)33-8-2-3-16(33)11-29-22-12-28-20-9-18(26)19(27)10-21(20)30-22/h4-7,9-10,12-13,16H,2-3,8,11H2,1H3,(H,29,30). The molecule has 1 amide bonds. The zero-order chi connectivity index (χ0) is 23.8. The van der Waals surface area contributed by atoms with Crippen molar-refractivity contribution in [3.05, 3.63) is 71.9 Å². The minimum atomic E-state index is -0.987. The Kier molecular flexibility index (Phi) is 5.64. The Balaban J connectivity index is 1.34. The summed E-state index contributed by atoms with van der Waals surface area (Å²) in [6.07, 6.45) is 4.83. The summed E-state index contributed by atoms with van der Waals surface area (Å²) in [4.78, 5) is 23.6. The second-order valence-electron chi connectivity index (χ2n) is 8.26. The highest BCUT2D eigenvalue weighted by Crippen LogP contribution is 2.27.